The van der Waals surface area contributed by atoms with Crippen LogP contribution in [0.25, 0.3) is 0 Å². The third-order valence-corrected chi connectivity index (χ3v) is 2.38. The summed E-state index contributed by atoms with van der Waals surface area (Å²) in [5, 5.41) is 11.9. The molecule has 0 aliphatic carbocycles. The van der Waals surface area contributed by atoms with E-state index in [2.05, 4.69) is 5.32 Å². The van der Waals surface area contributed by atoms with Gasteiger partial charge in [-0.25, -0.2) is 4.39 Å². The molecule has 0 amide bonds. The fraction of sp³-hybridized carbons (Fsp3) is 0.364. The zero-order valence-corrected chi connectivity index (χ0v) is 8.16. The molecule has 0 atom stereocenters. The van der Waals surface area contributed by atoms with Crippen molar-refractivity contribution in [3.63, 3.8) is 0 Å². The van der Waals surface area contributed by atoms with E-state index in [1.807, 2.05) is 6.07 Å². The van der Waals surface area contributed by atoms with Crippen LogP contribution >= 0.6 is 0 Å². The lowest BCUT2D eigenvalue weighted by molar-refractivity contribution is -0.00578. The first-order chi connectivity index (χ1) is 7.29. The first-order valence-electron chi connectivity index (χ1n) is 4.79. The van der Waals surface area contributed by atoms with Crippen LogP contribution in [0.5, 0.6) is 0 Å². The number of nitrogens with zero attached hydrogens (tertiary/aromatic N) is 1. The van der Waals surface area contributed by atoms with Gasteiger partial charge < -0.3 is 10.1 Å². The Morgan fingerprint density at radius 1 is 1.53 bits per heavy atom. The van der Waals surface area contributed by atoms with Gasteiger partial charge in [-0.05, 0) is 17.7 Å². The van der Waals surface area contributed by atoms with Crippen molar-refractivity contribution >= 4 is 0 Å². The summed E-state index contributed by atoms with van der Waals surface area (Å²) in [4.78, 5) is 0. The van der Waals surface area contributed by atoms with Crippen LogP contribution in [0.3, 0.4) is 0 Å². The van der Waals surface area contributed by atoms with Crippen molar-refractivity contribution in [3.05, 3.63) is 35.1 Å². The first kappa shape index (κ1) is 10.1. The Labute approximate surface area is 87.5 Å². The summed E-state index contributed by atoms with van der Waals surface area (Å²) in [7, 11) is 0. The van der Waals surface area contributed by atoms with Crippen molar-refractivity contribution in [2.75, 3.05) is 13.2 Å². The zero-order valence-electron chi connectivity index (χ0n) is 8.16. The predicted molar refractivity (Wildman–Crippen MR) is 52.6 cm³/mol. The first-order valence-corrected chi connectivity index (χ1v) is 4.79. The fourth-order valence-corrected chi connectivity index (χ4v) is 1.38. The molecule has 3 nitrogen and oxygen atoms in total. The van der Waals surface area contributed by atoms with Crippen molar-refractivity contribution in [2.24, 2.45) is 0 Å². The van der Waals surface area contributed by atoms with Crippen LogP contribution in [0.2, 0.25) is 0 Å². The molecule has 1 aromatic rings. The second kappa shape index (κ2) is 4.39. The number of rotatable bonds is 3. The SMILES string of the molecule is N#Cc1cc(CNC2COC2)ccc1F. The number of nitrogens with one attached hydrogen (secondary N) is 1. The van der Waals surface area contributed by atoms with Gasteiger partial charge in [0.15, 0.2) is 0 Å². The van der Waals surface area contributed by atoms with Gasteiger partial charge in [-0.3, -0.25) is 0 Å². The molecule has 0 unspecified atom stereocenters. The van der Waals surface area contributed by atoms with Gasteiger partial charge in [0, 0.05) is 6.54 Å². The lowest BCUT2D eigenvalue weighted by Gasteiger charge is -2.27. The fourth-order valence-electron chi connectivity index (χ4n) is 1.38. The normalized spacial score (nSPS) is 15.7. The minimum Gasteiger partial charge on any atom is -0.378 e. The van der Waals surface area contributed by atoms with E-state index in [9.17, 15) is 4.39 Å². The molecular weight excluding hydrogens is 195 g/mol. The molecule has 1 saturated heterocycles. The smallest absolute Gasteiger partial charge is 0.140 e. The average molecular weight is 206 g/mol. The van der Waals surface area contributed by atoms with Gasteiger partial charge in [0.2, 0.25) is 0 Å². The highest BCUT2D eigenvalue weighted by Gasteiger charge is 2.17. The maximum Gasteiger partial charge on any atom is 0.140 e. The van der Waals surface area contributed by atoms with Crippen molar-refractivity contribution < 1.29 is 9.13 Å². The second-order valence-electron chi connectivity index (χ2n) is 3.54. The van der Waals surface area contributed by atoms with E-state index in [0.717, 1.165) is 18.8 Å². The lowest BCUT2D eigenvalue weighted by Crippen LogP contribution is -2.45. The predicted octanol–water partition coefficient (Wildman–Crippen LogP) is 1.19. The maximum absolute atomic E-state index is 13.0. The number of hydrogen-bond donors (Lipinski definition) is 1. The molecule has 4 heteroatoms. The monoisotopic (exact) mass is 206 g/mol. The Morgan fingerprint density at radius 2 is 2.33 bits per heavy atom. The van der Waals surface area contributed by atoms with E-state index < -0.39 is 5.82 Å². The van der Waals surface area contributed by atoms with E-state index in [-0.39, 0.29) is 5.56 Å². The summed E-state index contributed by atoms with van der Waals surface area (Å²) < 4.78 is 18.0. The topological polar surface area (TPSA) is 45.0 Å². The van der Waals surface area contributed by atoms with Crippen molar-refractivity contribution in [1.29, 1.82) is 5.26 Å². The molecule has 1 aliphatic heterocycles. The van der Waals surface area contributed by atoms with E-state index in [0.29, 0.717) is 12.6 Å². The molecule has 1 fully saturated rings. The van der Waals surface area contributed by atoms with Crippen molar-refractivity contribution in [1.82, 2.24) is 5.32 Å². The Hall–Kier alpha value is -1.44. The Kier molecular flexibility index (Phi) is 2.95. The zero-order chi connectivity index (χ0) is 10.7. The molecule has 0 bridgehead atoms. The van der Waals surface area contributed by atoms with Crippen LogP contribution in [0.1, 0.15) is 11.1 Å². The van der Waals surface area contributed by atoms with E-state index in [4.69, 9.17) is 10.00 Å². The van der Waals surface area contributed by atoms with Crippen LogP contribution in [0.15, 0.2) is 18.2 Å². The highest BCUT2D eigenvalue weighted by molar-refractivity contribution is 5.34. The summed E-state index contributed by atoms with van der Waals surface area (Å²) in [5.41, 5.74) is 1.01. The molecule has 78 valence electrons. The molecular formula is C11H11FN2O. The second-order valence-corrected chi connectivity index (χ2v) is 3.54. The molecule has 1 aromatic carbocycles. The molecule has 15 heavy (non-hydrogen) atoms. The summed E-state index contributed by atoms with van der Waals surface area (Å²) in [6, 6.07) is 6.79. The van der Waals surface area contributed by atoms with E-state index in [1.54, 1.807) is 12.1 Å². The summed E-state index contributed by atoms with van der Waals surface area (Å²) in [6.45, 7) is 2.10. The van der Waals surface area contributed by atoms with Crippen molar-refractivity contribution in [2.45, 2.75) is 12.6 Å². The summed E-state index contributed by atoms with van der Waals surface area (Å²) in [6.07, 6.45) is 0. The molecule has 2 rings (SSSR count). The number of hydrogen-bond acceptors (Lipinski definition) is 3. The van der Waals surface area contributed by atoms with Gasteiger partial charge in [0.1, 0.15) is 11.9 Å². The molecule has 1 heterocycles. The highest BCUT2D eigenvalue weighted by Crippen LogP contribution is 2.10. The third kappa shape index (κ3) is 2.32. The van der Waals surface area contributed by atoms with E-state index >= 15 is 0 Å². The van der Waals surface area contributed by atoms with Crippen LogP contribution in [-0.4, -0.2) is 19.3 Å². The standard InChI is InChI=1S/C11H11FN2O/c12-11-2-1-8(3-9(11)4-13)5-14-10-6-15-7-10/h1-3,10,14H,5-7H2. The van der Waals surface area contributed by atoms with Gasteiger partial charge in [-0.15, -0.1) is 0 Å². The Morgan fingerprint density at radius 3 is 2.93 bits per heavy atom. The molecule has 0 aromatic heterocycles. The largest absolute Gasteiger partial charge is 0.378 e. The summed E-state index contributed by atoms with van der Waals surface area (Å²) in [5.74, 6) is -0.465. The van der Waals surface area contributed by atoms with Gasteiger partial charge in [0.05, 0.1) is 24.8 Å². The van der Waals surface area contributed by atoms with E-state index in [1.165, 1.54) is 6.07 Å². The quantitative estimate of drug-likeness (QED) is 0.807. The van der Waals surface area contributed by atoms with Crippen molar-refractivity contribution in [3.8, 4) is 6.07 Å². The molecule has 0 radical (unpaired) electrons. The Balaban J connectivity index is 1.99. The van der Waals surface area contributed by atoms with Crippen LogP contribution in [0.4, 0.5) is 4.39 Å². The number of benzene rings is 1. The number of ether oxygens (including phenoxy) is 1. The highest BCUT2D eigenvalue weighted by atomic mass is 19.1. The number of halogens is 1. The summed E-state index contributed by atoms with van der Waals surface area (Å²) >= 11 is 0. The van der Waals surface area contributed by atoms with Gasteiger partial charge in [-0.1, -0.05) is 6.07 Å². The molecule has 1 N–H and O–H groups in total. The molecule has 0 spiro atoms. The lowest BCUT2D eigenvalue weighted by atomic mass is 10.1. The Bertz CT molecular complexity index is 396. The van der Waals surface area contributed by atoms with Crippen LogP contribution < -0.4 is 5.32 Å². The maximum atomic E-state index is 13.0. The minimum atomic E-state index is -0.465. The third-order valence-electron chi connectivity index (χ3n) is 2.38. The van der Waals surface area contributed by atoms with Gasteiger partial charge in [-0.2, -0.15) is 5.26 Å². The molecule has 1 aliphatic rings. The van der Waals surface area contributed by atoms with Crippen LogP contribution in [0, 0.1) is 17.1 Å². The molecule has 0 saturated carbocycles. The van der Waals surface area contributed by atoms with Crippen LogP contribution in [-0.2, 0) is 11.3 Å². The average Bonchev–Trinajstić information content (AvgIpc) is 2.18. The van der Waals surface area contributed by atoms with Gasteiger partial charge in [0.25, 0.3) is 0 Å². The number of nitriles is 1. The minimum absolute atomic E-state index is 0.0964. The van der Waals surface area contributed by atoms with Gasteiger partial charge >= 0.3 is 0 Å².